The van der Waals surface area contributed by atoms with Crippen molar-refractivity contribution < 1.29 is 0 Å². The lowest BCUT2D eigenvalue weighted by atomic mass is 9.98. The standard InChI is InChI=1S/C16H30N2S/c1-12(2)10-14(11-18(5)6)17-16(13(3)4)15-8-7-9-19-15/h7-9,12-14,16-17H,10-11H2,1-6H3. The van der Waals surface area contributed by atoms with Crippen molar-refractivity contribution >= 4 is 11.3 Å². The van der Waals surface area contributed by atoms with E-state index in [9.17, 15) is 0 Å². The number of hydrogen-bond donors (Lipinski definition) is 1. The minimum absolute atomic E-state index is 0.476. The van der Waals surface area contributed by atoms with Gasteiger partial charge >= 0.3 is 0 Å². The van der Waals surface area contributed by atoms with Crippen molar-refractivity contribution in [1.29, 1.82) is 0 Å². The average molecular weight is 282 g/mol. The molecule has 1 N–H and O–H groups in total. The molecule has 0 saturated carbocycles. The highest BCUT2D eigenvalue weighted by Gasteiger charge is 2.21. The highest BCUT2D eigenvalue weighted by Crippen LogP contribution is 2.27. The second-order valence-corrected chi connectivity index (χ2v) is 7.47. The Labute approximate surface area is 123 Å². The number of nitrogens with one attached hydrogen (secondary N) is 1. The van der Waals surface area contributed by atoms with Crippen LogP contribution in [0, 0.1) is 11.8 Å². The van der Waals surface area contributed by atoms with E-state index in [2.05, 4.69) is 69.5 Å². The number of thiophene rings is 1. The fourth-order valence-corrected chi connectivity index (χ4v) is 3.49. The Morgan fingerprint density at radius 3 is 2.32 bits per heavy atom. The highest BCUT2D eigenvalue weighted by atomic mass is 32.1. The van der Waals surface area contributed by atoms with Crippen LogP contribution in [0.4, 0.5) is 0 Å². The van der Waals surface area contributed by atoms with E-state index in [4.69, 9.17) is 0 Å². The van der Waals surface area contributed by atoms with Gasteiger partial charge in [0, 0.05) is 23.5 Å². The van der Waals surface area contributed by atoms with Gasteiger partial charge in [0.25, 0.3) is 0 Å². The molecular weight excluding hydrogens is 252 g/mol. The second kappa shape index (κ2) is 8.03. The van der Waals surface area contributed by atoms with Crippen LogP contribution < -0.4 is 5.32 Å². The maximum absolute atomic E-state index is 3.89. The number of nitrogens with zero attached hydrogens (tertiary/aromatic N) is 1. The molecule has 2 nitrogen and oxygen atoms in total. The first-order valence-electron chi connectivity index (χ1n) is 7.34. The summed E-state index contributed by atoms with van der Waals surface area (Å²) >= 11 is 1.86. The van der Waals surface area contributed by atoms with E-state index in [0.29, 0.717) is 18.0 Å². The Morgan fingerprint density at radius 1 is 1.21 bits per heavy atom. The van der Waals surface area contributed by atoms with Crippen LogP contribution >= 0.6 is 11.3 Å². The van der Waals surface area contributed by atoms with Gasteiger partial charge in [-0.15, -0.1) is 11.3 Å². The van der Waals surface area contributed by atoms with Crippen molar-refractivity contribution in [3.8, 4) is 0 Å². The van der Waals surface area contributed by atoms with E-state index in [0.717, 1.165) is 12.5 Å². The zero-order chi connectivity index (χ0) is 14.4. The third kappa shape index (κ3) is 6.07. The van der Waals surface area contributed by atoms with Crippen molar-refractivity contribution in [3.63, 3.8) is 0 Å². The van der Waals surface area contributed by atoms with Gasteiger partial charge in [0.1, 0.15) is 0 Å². The highest BCUT2D eigenvalue weighted by molar-refractivity contribution is 7.10. The van der Waals surface area contributed by atoms with Crippen molar-refractivity contribution in [1.82, 2.24) is 10.2 Å². The first-order chi connectivity index (χ1) is 8.90. The van der Waals surface area contributed by atoms with Crippen LogP contribution in [0.1, 0.15) is 45.0 Å². The maximum atomic E-state index is 3.89. The Morgan fingerprint density at radius 2 is 1.89 bits per heavy atom. The summed E-state index contributed by atoms with van der Waals surface area (Å²) in [5, 5.41) is 6.06. The van der Waals surface area contributed by atoms with Crippen LogP contribution in [-0.4, -0.2) is 31.6 Å². The van der Waals surface area contributed by atoms with E-state index in [1.54, 1.807) is 0 Å². The monoisotopic (exact) mass is 282 g/mol. The molecule has 110 valence electrons. The molecule has 0 bridgehead atoms. The molecule has 19 heavy (non-hydrogen) atoms. The molecule has 1 aromatic rings. The summed E-state index contributed by atoms with van der Waals surface area (Å²) in [4.78, 5) is 3.74. The number of hydrogen-bond acceptors (Lipinski definition) is 3. The lowest BCUT2D eigenvalue weighted by Gasteiger charge is -2.30. The minimum atomic E-state index is 0.476. The molecule has 0 spiro atoms. The van der Waals surface area contributed by atoms with E-state index in [1.807, 2.05) is 11.3 Å². The molecule has 0 radical (unpaired) electrons. The van der Waals surface area contributed by atoms with Gasteiger partial charge < -0.3 is 10.2 Å². The zero-order valence-corrected chi connectivity index (χ0v) is 14.1. The Hall–Kier alpha value is -0.380. The summed E-state index contributed by atoms with van der Waals surface area (Å²) in [6, 6.07) is 5.44. The minimum Gasteiger partial charge on any atom is -0.308 e. The molecule has 0 amide bonds. The quantitative estimate of drug-likeness (QED) is 0.775. The van der Waals surface area contributed by atoms with Crippen molar-refractivity contribution in [3.05, 3.63) is 22.4 Å². The summed E-state index contributed by atoms with van der Waals surface area (Å²) < 4.78 is 0. The molecule has 2 unspecified atom stereocenters. The van der Waals surface area contributed by atoms with Gasteiger partial charge in [0.2, 0.25) is 0 Å². The summed E-state index contributed by atoms with van der Waals surface area (Å²) in [5.41, 5.74) is 0. The molecule has 3 heteroatoms. The average Bonchev–Trinajstić information content (AvgIpc) is 2.76. The fraction of sp³-hybridized carbons (Fsp3) is 0.750. The summed E-state index contributed by atoms with van der Waals surface area (Å²) in [6.45, 7) is 10.3. The molecule has 0 fully saturated rings. The summed E-state index contributed by atoms with van der Waals surface area (Å²) in [7, 11) is 4.31. The normalized spacial score (nSPS) is 15.4. The molecule has 1 aromatic heterocycles. The first kappa shape index (κ1) is 16.7. The lowest BCUT2D eigenvalue weighted by Crippen LogP contribution is -2.42. The number of rotatable bonds is 8. The molecule has 0 aliphatic heterocycles. The molecule has 1 rings (SSSR count). The second-order valence-electron chi connectivity index (χ2n) is 6.49. The zero-order valence-electron chi connectivity index (χ0n) is 13.3. The third-order valence-electron chi connectivity index (χ3n) is 3.27. The van der Waals surface area contributed by atoms with Crippen molar-refractivity contribution in [2.24, 2.45) is 11.8 Å². The fourth-order valence-electron chi connectivity index (χ4n) is 2.53. The predicted molar refractivity (Wildman–Crippen MR) is 86.8 cm³/mol. The van der Waals surface area contributed by atoms with Gasteiger partial charge in [-0.05, 0) is 43.8 Å². The van der Waals surface area contributed by atoms with Crippen LogP contribution in [0.2, 0.25) is 0 Å². The van der Waals surface area contributed by atoms with Crippen LogP contribution in [0.5, 0.6) is 0 Å². The van der Waals surface area contributed by atoms with Gasteiger partial charge in [-0.25, -0.2) is 0 Å². The van der Waals surface area contributed by atoms with Crippen LogP contribution in [0.3, 0.4) is 0 Å². The molecule has 0 saturated heterocycles. The summed E-state index contributed by atoms with van der Waals surface area (Å²) in [5.74, 6) is 1.35. The van der Waals surface area contributed by atoms with Crippen molar-refractivity contribution in [2.75, 3.05) is 20.6 Å². The largest absolute Gasteiger partial charge is 0.308 e. The summed E-state index contributed by atoms with van der Waals surface area (Å²) in [6.07, 6.45) is 1.23. The molecule has 0 aromatic carbocycles. The molecule has 0 aliphatic rings. The Bertz CT molecular complexity index is 321. The van der Waals surface area contributed by atoms with E-state index >= 15 is 0 Å². The predicted octanol–water partition coefficient (Wildman–Crippen LogP) is 4.01. The molecule has 0 aliphatic carbocycles. The Kier molecular flexibility index (Phi) is 7.05. The van der Waals surface area contributed by atoms with Crippen molar-refractivity contribution in [2.45, 2.75) is 46.2 Å². The van der Waals surface area contributed by atoms with Crippen LogP contribution in [-0.2, 0) is 0 Å². The molecular formula is C16H30N2S. The van der Waals surface area contributed by atoms with E-state index in [1.165, 1.54) is 11.3 Å². The van der Waals surface area contributed by atoms with Crippen LogP contribution in [0.15, 0.2) is 17.5 Å². The SMILES string of the molecule is CC(C)CC(CN(C)C)NC(c1cccs1)C(C)C. The van der Waals surface area contributed by atoms with E-state index in [-0.39, 0.29) is 0 Å². The number of likely N-dealkylation sites (N-methyl/N-ethyl adjacent to an activating group) is 1. The molecule has 1 heterocycles. The van der Waals surface area contributed by atoms with E-state index < -0.39 is 0 Å². The van der Waals surface area contributed by atoms with Gasteiger partial charge in [0.15, 0.2) is 0 Å². The van der Waals surface area contributed by atoms with Crippen LogP contribution in [0.25, 0.3) is 0 Å². The Balaban J connectivity index is 2.72. The molecule has 2 atom stereocenters. The van der Waals surface area contributed by atoms with Gasteiger partial charge in [-0.2, -0.15) is 0 Å². The smallest absolute Gasteiger partial charge is 0.0440 e. The first-order valence-corrected chi connectivity index (χ1v) is 8.22. The van der Waals surface area contributed by atoms with Gasteiger partial charge in [-0.3, -0.25) is 0 Å². The third-order valence-corrected chi connectivity index (χ3v) is 4.23. The topological polar surface area (TPSA) is 15.3 Å². The maximum Gasteiger partial charge on any atom is 0.0440 e. The lowest BCUT2D eigenvalue weighted by molar-refractivity contribution is 0.266. The van der Waals surface area contributed by atoms with Gasteiger partial charge in [0.05, 0.1) is 0 Å². The van der Waals surface area contributed by atoms with Gasteiger partial charge in [-0.1, -0.05) is 33.8 Å².